The van der Waals surface area contributed by atoms with Gasteiger partial charge in [0.25, 0.3) is 0 Å². The van der Waals surface area contributed by atoms with Crippen molar-refractivity contribution < 1.29 is 4.43 Å². The van der Waals surface area contributed by atoms with E-state index in [-0.39, 0.29) is 9.76 Å². The van der Waals surface area contributed by atoms with Crippen LogP contribution in [0.2, 0.25) is 5.54 Å². The summed E-state index contributed by atoms with van der Waals surface area (Å²) in [6.07, 6.45) is 0. The Balaban J connectivity index is 3.70. The molecule has 0 radical (unpaired) electrons. The van der Waals surface area contributed by atoms with Gasteiger partial charge in [-0.3, -0.25) is 0 Å². The van der Waals surface area contributed by atoms with Gasteiger partial charge in [0.05, 0.1) is 0 Å². The van der Waals surface area contributed by atoms with Crippen LogP contribution in [0, 0.1) is 11.8 Å². The fraction of sp³-hybridized carbons (Fsp3) is 1.00. The van der Waals surface area contributed by atoms with E-state index in [1.165, 1.54) is 0 Å². The van der Waals surface area contributed by atoms with Crippen LogP contribution in [0.15, 0.2) is 0 Å². The van der Waals surface area contributed by atoms with E-state index in [1.807, 2.05) is 0 Å². The second-order valence-electron chi connectivity index (χ2n) is 3.81. The van der Waals surface area contributed by atoms with Gasteiger partial charge >= 0.3 is 0 Å². The van der Waals surface area contributed by atoms with E-state index in [0.717, 1.165) is 24.0 Å². The molecule has 0 amide bonds. The fourth-order valence-corrected chi connectivity index (χ4v) is 2.69. The molecule has 0 unspecified atom stereocenters. The Bertz CT molecular complexity index is 83.6. The quantitative estimate of drug-likeness (QED) is 0.581. The second kappa shape index (κ2) is 5.78. The van der Waals surface area contributed by atoms with Gasteiger partial charge in [-0.1, -0.05) is 27.7 Å². The van der Waals surface area contributed by atoms with Crippen LogP contribution < -0.4 is 0 Å². The summed E-state index contributed by atoms with van der Waals surface area (Å²) in [7, 11) is -0.270. The molecule has 11 heavy (non-hydrogen) atoms. The molecule has 0 aliphatic heterocycles. The molecule has 0 bridgehead atoms. The van der Waals surface area contributed by atoms with Crippen molar-refractivity contribution in [1.82, 2.24) is 0 Å². The van der Waals surface area contributed by atoms with Crippen molar-refractivity contribution in [1.29, 1.82) is 0 Å². The zero-order chi connectivity index (χ0) is 8.85. The van der Waals surface area contributed by atoms with Crippen molar-refractivity contribution in [3.63, 3.8) is 0 Å². The lowest BCUT2D eigenvalue weighted by molar-refractivity contribution is 0.326. The standard InChI is InChI=1S/C9H22OSi/c1-6-10-11-9(7(2)3)8(4)5/h7-9H,6,11H2,1-5H3. The first kappa shape index (κ1) is 11.2. The minimum absolute atomic E-state index is 0.270. The SMILES string of the molecule is CCO[SiH2]C(C(C)C)C(C)C. The molecule has 0 spiro atoms. The molecule has 0 rings (SSSR count). The maximum Gasteiger partial charge on any atom is 0.165 e. The van der Waals surface area contributed by atoms with Crippen LogP contribution >= 0.6 is 0 Å². The van der Waals surface area contributed by atoms with Gasteiger partial charge in [-0.25, -0.2) is 0 Å². The van der Waals surface area contributed by atoms with Crippen molar-refractivity contribution >= 4 is 9.76 Å². The first-order chi connectivity index (χ1) is 5.09. The Morgan fingerprint density at radius 1 is 1.09 bits per heavy atom. The zero-order valence-electron chi connectivity index (χ0n) is 8.55. The molecule has 0 aromatic carbocycles. The minimum Gasteiger partial charge on any atom is -0.424 e. The predicted octanol–water partition coefficient (Wildman–Crippen LogP) is 2.21. The molecule has 0 aromatic heterocycles. The summed E-state index contributed by atoms with van der Waals surface area (Å²) in [5, 5.41) is 0. The van der Waals surface area contributed by atoms with E-state index < -0.39 is 0 Å². The molecule has 0 atom stereocenters. The summed E-state index contributed by atoms with van der Waals surface area (Å²) in [6, 6.07) is 0. The normalized spacial score (nSPS) is 13.1. The lowest BCUT2D eigenvalue weighted by Gasteiger charge is -2.23. The van der Waals surface area contributed by atoms with Crippen LogP contribution in [-0.2, 0) is 4.43 Å². The fourth-order valence-electron chi connectivity index (χ4n) is 1.41. The molecule has 0 heterocycles. The van der Waals surface area contributed by atoms with Crippen molar-refractivity contribution in [3.05, 3.63) is 0 Å². The topological polar surface area (TPSA) is 9.23 Å². The molecule has 0 fully saturated rings. The lowest BCUT2D eigenvalue weighted by Crippen LogP contribution is -2.18. The van der Waals surface area contributed by atoms with Gasteiger partial charge in [-0.15, -0.1) is 0 Å². The molecule has 0 aliphatic rings. The average molecular weight is 174 g/mol. The summed E-state index contributed by atoms with van der Waals surface area (Å²) in [6.45, 7) is 12.2. The van der Waals surface area contributed by atoms with Crippen LogP contribution in [0.3, 0.4) is 0 Å². The smallest absolute Gasteiger partial charge is 0.165 e. The Labute approximate surface area is 73.5 Å². The Hall–Kier alpha value is 0.177. The van der Waals surface area contributed by atoms with E-state index in [2.05, 4.69) is 34.6 Å². The maximum absolute atomic E-state index is 5.56. The number of rotatable bonds is 5. The summed E-state index contributed by atoms with van der Waals surface area (Å²) >= 11 is 0. The van der Waals surface area contributed by atoms with Crippen molar-refractivity contribution in [2.24, 2.45) is 11.8 Å². The maximum atomic E-state index is 5.56. The molecule has 0 saturated heterocycles. The van der Waals surface area contributed by atoms with Crippen molar-refractivity contribution in [2.45, 2.75) is 40.2 Å². The molecular weight excluding hydrogens is 152 g/mol. The summed E-state index contributed by atoms with van der Waals surface area (Å²) < 4.78 is 5.56. The number of hydrogen-bond donors (Lipinski definition) is 0. The molecule has 0 N–H and O–H groups in total. The molecule has 68 valence electrons. The van der Waals surface area contributed by atoms with Crippen molar-refractivity contribution in [3.8, 4) is 0 Å². The van der Waals surface area contributed by atoms with Gasteiger partial charge in [0.15, 0.2) is 9.76 Å². The molecule has 0 saturated carbocycles. The largest absolute Gasteiger partial charge is 0.424 e. The summed E-state index contributed by atoms with van der Waals surface area (Å²) in [5.74, 6) is 1.60. The monoisotopic (exact) mass is 174 g/mol. The highest BCUT2D eigenvalue weighted by atomic mass is 28.2. The van der Waals surface area contributed by atoms with E-state index in [0.29, 0.717) is 0 Å². The van der Waals surface area contributed by atoms with Gasteiger partial charge < -0.3 is 4.43 Å². The van der Waals surface area contributed by atoms with Gasteiger partial charge in [-0.05, 0) is 24.3 Å². The predicted molar refractivity (Wildman–Crippen MR) is 53.6 cm³/mol. The summed E-state index contributed by atoms with van der Waals surface area (Å²) in [5.41, 5.74) is 0.856. The number of hydrogen-bond acceptors (Lipinski definition) is 1. The molecule has 0 aromatic rings. The third-order valence-corrected chi connectivity index (χ3v) is 5.14. The molecule has 2 heteroatoms. The van der Waals surface area contributed by atoms with Gasteiger partial charge in [0.2, 0.25) is 0 Å². The average Bonchev–Trinajstić information content (AvgIpc) is 1.87. The van der Waals surface area contributed by atoms with E-state index in [9.17, 15) is 0 Å². The Morgan fingerprint density at radius 2 is 1.55 bits per heavy atom. The lowest BCUT2D eigenvalue weighted by atomic mass is 10.00. The molecule has 1 nitrogen and oxygen atoms in total. The van der Waals surface area contributed by atoms with Crippen LogP contribution in [0.4, 0.5) is 0 Å². The Kier molecular flexibility index (Phi) is 5.87. The van der Waals surface area contributed by atoms with Crippen molar-refractivity contribution in [2.75, 3.05) is 6.61 Å². The Morgan fingerprint density at radius 3 is 1.82 bits per heavy atom. The highest BCUT2D eigenvalue weighted by molar-refractivity contribution is 6.29. The summed E-state index contributed by atoms with van der Waals surface area (Å²) in [4.78, 5) is 0. The van der Waals surface area contributed by atoms with Crippen LogP contribution in [0.5, 0.6) is 0 Å². The van der Waals surface area contributed by atoms with E-state index in [1.54, 1.807) is 0 Å². The molecule has 0 aliphatic carbocycles. The zero-order valence-corrected chi connectivity index (χ0v) is 9.97. The van der Waals surface area contributed by atoms with Gasteiger partial charge in [0.1, 0.15) is 0 Å². The highest BCUT2D eigenvalue weighted by Gasteiger charge is 2.17. The molecular formula is C9H22OSi. The third-order valence-electron chi connectivity index (χ3n) is 2.23. The van der Waals surface area contributed by atoms with Crippen LogP contribution in [-0.4, -0.2) is 16.4 Å². The van der Waals surface area contributed by atoms with Crippen LogP contribution in [0.25, 0.3) is 0 Å². The van der Waals surface area contributed by atoms with Crippen LogP contribution in [0.1, 0.15) is 34.6 Å². The van der Waals surface area contributed by atoms with Gasteiger partial charge in [0, 0.05) is 6.61 Å². The second-order valence-corrected chi connectivity index (χ2v) is 5.50. The highest BCUT2D eigenvalue weighted by Crippen LogP contribution is 2.25. The van der Waals surface area contributed by atoms with E-state index >= 15 is 0 Å². The minimum atomic E-state index is -0.270. The third kappa shape index (κ3) is 4.59. The first-order valence-electron chi connectivity index (χ1n) is 4.67. The first-order valence-corrected chi connectivity index (χ1v) is 6.06. The van der Waals surface area contributed by atoms with Gasteiger partial charge in [-0.2, -0.15) is 0 Å². The van der Waals surface area contributed by atoms with E-state index in [4.69, 9.17) is 4.43 Å².